The van der Waals surface area contributed by atoms with Crippen molar-refractivity contribution in [1.82, 2.24) is 0 Å². The topological polar surface area (TPSA) is 37.3 Å². The summed E-state index contributed by atoms with van der Waals surface area (Å²) >= 11 is 0. The Hall–Kier alpha value is -2.32. The third kappa shape index (κ3) is 4.16. The van der Waals surface area contributed by atoms with Gasteiger partial charge in [-0.25, -0.2) is 0 Å². The van der Waals surface area contributed by atoms with Crippen LogP contribution in [0, 0.1) is 34.5 Å². The molecule has 0 heterocycles. The van der Waals surface area contributed by atoms with Crippen LogP contribution in [0.25, 0.3) is 0 Å². The molecule has 2 saturated carbocycles. The van der Waals surface area contributed by atoms with Crippen molar-refractivity contribution in [2.24, 2.45) is 22.7 Å². The van der Waals surface area contributed by atoms with E-state index in [0.717, 1.165) is 30.4 Å². The number of aliphatic hydroxyl groups is 1. The van der Waals surface area contributed by atoms with E-state index in [1.54, 1.807) is 18.2 Å². The Morgan fingerprint density at radius 3 is 2.36 bits per heavy atom. The summed E-state index contributed by atoms with van der Waals surface area (Å²) in [5.41, 5.74) is 2.01. The van der Waals surface area contributed by atoms with Gasteiger partial charge in [-0.15, -0.1) is 0 Å². The highest BCUT2D eigenvalue weighted by atomic mass is 19.4. The Labute approximate surface area is 212 Å². The molecule has 5 atom stereocenters. The van der Waals surface area contributed by atoms with Gasteiger partial charge in [0.05, 0.1) is 5.56 Å². The fourth-order valence-corrected chi connectivity index (χ4v) is 7.36. The van der Waals surface area contributed by atoms with Gasteiger partial charge in [-0.3, -0.25) is 4.79 Å². The molecule has 1 aromatic carbocycles. The Morgan fingerprint density at radius 1 is 1.03 bits per heavy atom. The molecule has 4 aliphatic rings. The molecule has 2 nitrogen and oxygen atoms in total. The number of carbonyl (C=O) groups excluding carboxylic acids is 1. The molecule has 0 spiro atoms. The van der Waals surface area contributed by atoms with E-state index in [4.69, 9.17) is 0 Å². The minimum Gasteiger partial charge on any atom is -0.377 e. The number of ketones is 1. The van der Waals surface area contributed by atoms with Crippen molar-refractivity contribution < 1.29 is 23.1 Å². The Balaban J connectivity index is 1.65. The van der Waals surface area contributed by atoms with Gasteiger partial charge >= 0.3 is 6.18 Å². The lowest BCUT2D eigenvalue weighted by atomic mass is 9.51. The van der Waals surface area contributed by atoms with Crippen molar-refractivity contribution in [1.29, 1.82) is 0 Å². The van der Waals surface area contributed by atoms with Crippen LogP contribution in [0.15, 0.2) is 47.1 Å². The van der Waals surface area contributed by atoms with Crippen molar-refractivity contribution in [2.45, 2.75) is 90.3 Å². The maximum atomic E-state index is 13.3. The van der Waals surface area contributed by atoms with E-state index in [2.05, 4.69) is 18.8 Å². The Morgan fingerprint density at radius 2 is 1.72 bits per heavy atom. The van der Waals surface area contributed by atoms with Crippen LogP contribution in [0.1, 0.15) is 89.7 Å². The molecule has 1 N–H and O–H groups in total. The number of halogens is 3. The number of hydrogen-bond acceptors (Lipinski definition) is 2. The molecular weight excluding hydrogens is 461 g/mol. The molecule has 2 fully saturated rings. The highest BCUT2D eigenvalue weighted by Gasteiger charge is 2.62. The lowest BCUT2D eigenvalue weighted by Gasteiger charge is -2.53. The molecule has 0 unspecified atom stereocenters. The summed E-state index contributed by atoms with van der Waals surface area (Å²) in [6.45, 7) is 8.25. The molecule has 0 aliphatic heterocycles. The van der Waals surface area contributed by atoms with Crippen molar-refractivity contribution in [3.63, 3.8) is 0 Å². The van der Waals surface area contributed by atoms with E-state index in [1.807, 2.05) is 20.8 Å². The van der Waals surface area contributed by atoms with Crippen LogP contribution in [-0.2, 0) is 11.0 Å². The number of allylic oxidation sites excluding steroid dienone is 4. The standard InChI is InChI=1S/C31H35F3O2/c1-28(2,3)15-16-30(36)14-13-26-24-11-7-20-17-22(35)10-12-23(20)27(24)25(18-29(26,30)4)19-5-8-21(9-6-19)31(32,33)34/h5-6,8-9,17,24-26,36H,7,10-14,18H2,1-4H3/t24-,25+,26-,29-,30+/m0/s1. The van der Waals surface area contributed by atoms with Crippen molar-refractivity contribution in [2.75, 3.05) is 0 Å². The molecule has 36 heavy (non-hydrogen) atoms. The summed E-state index contributed by atoms with van der Waals surface area (Å²) in [7, 11) is 0. The molecule has 1 aromatic rings. The molecule has 0 aromatic heterocycles. The van der Waals surface area contributed by atoms with Crippen LogP contribution >= 0.6 is 0 Å². The van der Waals surface area contributed by atoms with Gasteiger partial charge in [0.1, 0.15) is 5.60 Å². The summed E-state index contributed by atoms with van der Waals surface area (Å²) < 4.78 is 39.9. The molecule has 0 saturated heterocycles. The van der Waals surface area contributed by atoms with E-state index < -0.39 is 22.8 Å². The van der Waals surface area contributed by atoms with Gasteiger partial charge in [0, 0.05) is 23.2 Å². The smallest absolute Gasteiger partial charge is 0.377 e. The zero-order valence-corrected chi connectivity index (χ0v) is 21.6. The highest BCUT2D eigenvalue weighted by Crippen LogP contribution is 2.66. The number of rotatable bonds is 1. The molecule has 0 amide bonds. The second-order valence-electron chi connectivity index (χ2n) is 12.5. The second kappa shape index (κ2) is 8.35. The first-order valence-corrected chi connectivity index (χ1v) is 13.1. The van der Waals surface area contributed by atoms with Gasteiger partial charge < -0.3 is 5.11 Å². The fourth-order valence-electron chi connectivity index (χ4n) is 7.36. The summed E-state index contributed by atoms with van der Waals surface area (Å²) in [5.74, 6) is 7.11. The van der Waals surface area contributed by atoms with E-state index >= 15 is 0 Å². The molecular formula is C31H35F3O2. The minimum atomic E-state index is -4.38. The predicted octanol–water partition coefficient (Wildman–Crippen LogP) is 7.39. The third-order valence-electron chi connectivity index (χ3n) is 9.17. The van der Waals surface area contributed by atoms with Gasteiger partial charge in [0.15, 0.2) is 5.78 Å². The maximum absolute atomic E-state index is 13.3. The predicted molar refractivity (Wildman–Crippen MR) is 134 cm³/mol. The van der Waals surface area contributed by atoms with E-state index in [0.29, 0.717) is 25.7 Å². The van der Waals surface area contributed by atoms with Gasteiger partial charge in [0.2, 0.25) is 0 Å². The Bertz CT molecular complexity index is 1200. The van der Waals surface area contributed by atoms with E-state index in [9.17, 15) is 23.1 Å². The second-order valence-corrected chi connectivity index (χ2v) is 12.5. The SMILES string of the molecule is CC(C)(C)C#C[C@]1(O)CC[C@H]2[C@@H]3CCC4=CC(=O)CCC4=C3[C@@H](c3ccc(C(F)(F)F)cc3)C[C@@]21C. The van der Waals surface area contributed by atoms with Gasteiger partial charge in [0.25, 0.3) is 0 Å². The maximum Gasteiger partial charge on any atom is 0.416 e. The number of hydrogen-bond donors (Lipinski definition) is 1. The molecule has 5 rings (SSSR count). The monoisotopic (exact) mass is 496 g/mol. The first-order valence-electron chi connectivity index (χ1n) is 13.1. The van der Waals surface area contributed by atoms with Crippen LogP contribution in [0.4, 0.5) is 13.2 Å². The lowest BCUT2D eigenvalue weighted by molar-refractivity contribution is -0.137. The molecule has 5 heteroatoms. The Kier molecular flexibility index (Phi) is 5.87. The van der Waals surface area contributed by atoms with Gasteiger partial charge in [-0.05, 0) is 106 Å². The van der Waals surface area contributed by atoms with Crippen LogP contribution in [-0.4, -0.2) is 16.5 Å². The third-order valence-corrected chi connectivity index (χ3v) is 9.17. The van der Waals surface area contributed by atoms with E-state index in [-0.39, 0.29) is 29.0 Å². The average Bonchev–Trinajstić information content (AvgIpc) is 3.07. The molecule has 4 aliphatic carbocycles. The highest BCUT2D eigenvalue weighted by molar-refractivity contribution is 5.93. The number of carbonyl (C=O) groups is 1. The van der Waals surface area contributed by atoms with Crippen LogP contribution in [0.2, 0.25) is 0 Å². The van der Waals surface area contributed by atoms with Crippen molar-refractivity contribution in [3.8, 4) is 11.8 Å². The van der Waals surface area contributed by atoms with Gasteiger partial charge in [-0.2, -0.15) is 13.2 Å². The van der Waals surface area contributed by atoms with E-state index in [1.165, 1.54) is 23.3 Å². The van der Waals surface area contributed by atoms with Crippen LogP contribution in [0.5, 0.6) is 0 Å². The number of fused-ring (bicyclic) bond motifs is 4. The van der Waals surface area contributed by atoms with Crippen LogP contribution < -0.4 is 0 Å². The summed E-state index contributed by atoms with van der Waals surface area (Å²) in [6, 6.07) is 5.58. The first kappa shape index (κ1) is 25.3. The molecule has 0 bridgehead atoms. The van der Waals surface area contributed by atoms with Crippen LogP contribution in [0.3, 0.4) is 0 Å². The fraction of sp³-hybridized carbons (Fsp3) is 0.581. The first-order chi connectivity index (χ1) is 16.7. The quantitative estimate of drug-likeness (QED) is 0.412. The number of alkyl halides is 3. The zero-order valence-electron chi connectivity index (χ0n) is 21.6. The summed E-state index contributed by atoms with van der Waals surface area (Å²) in [6.07, 6.45) is 2.45. The van der Waals surface area contributed by atoms with Crippen molar-refractivity contribution >= 4 is 5.78 Å². The van der Waals surface area contributed by atoms with Crippen molar-refractivity contribution in [3.05, 3.63) is 58.2 Å². The average molecular weight is 497 g/mol. The summed E-state index contributed by atoms with van der Waals surface area (Å²) in [4.78, 5) is 12.2. The molecule has 192 valence electrons. The normalized spacial score (nSPS) is 34.3. The largest absolute Gasteiger partial charge is 0.416 e. The summed E-state index contributed by atoms with van der Waals surface area (Å²) in [5, 5.41) is 12.0. The minimum absolute atomic E-state index is 0.105. The zero-order chi connectivity index (χ0) is 26.1. The molecule has 0 radical (unpaired) electrons. The van der Waals surface area contributed by atoms with Gasteiger partial charge in [-0.1, -0.05) is 36.5 Å². The lowest BCUT2D eigenvalue weighted by Crippen LogP contribution is -2.51. The number of benzene rings is 1.